The van der Waals surface area contributed by atoms with E-state index >= 15 is 0 Å². The number of anilines is 1. The minimum absolute atomic E-state index is 0.0321. The van der Waals surface area contributed by atoms with E-state index < -0.39 is 34.9 Å². The first-order chi connectivity index (χ1) is 17.3. The van der Waals surface area contributed by atoms with Gasteiger partial charge in [-0.3, -0.25) is 14.5 Å². The third kappa shape index (κ3) is 5.31. The number of oxime groups is 1. The van der Waals surface area contributed by atoms with Crippen LogP contribution in [0.3, 0.4) is 0 Å². The quantitative estimate of drug-likeness (QED) is 0.0898. The van der Waals surface area contributed by atoms with Crippen molar-refractivity contribution in [2.45, 2.75) is 21.4 Å². The van der Waals surface area contributed by atoms with Crippen LogP contribution in [0.2, 0.25) is 0 Å². The van der Waals surface area contributed by atoms with Gasteiger partial charge in [0, 0.05) is 28.7 Å². The van der Waals surface area contributed by atoms with Gasteiger partial charge in [0.1, 0.15) is 28.6 Å². The second-order valence-electron chi connectivity index (χ2n) is 7.36. The molecule has 4 heterocycles. The first-order valence-electron chi connectivity index (χ1n) is 10.4. The molecule has 2 aromatic heterocycles. The predicted molar refractivity (Wildman–Crippen MR) is 140 cm³/mol. The number of carboxylic acid groups (broad SMARTS) is 1. The lowest BCUT2D eigenvalue weighted by Crippen LogP contribution is -2.71. The largest absolute Gasteiger partial charge is 0.477 e. The molecule has 0 spiro atoms. The fourth-order valence-electron chi connectivity index (χ4n) is 3.48. The molecule has 0 saturated carbocycles. The monoisotopic (exact) mass is 567 g/mol. The third-order valence-corrected chi connectivity index (χ3v) is 9.74. The Morgan fingerprint density at radius 1 is 1.36 bits per heavy atom. The molecular formula is C20H21N7O5S4. The van der Waals surface area contributed by atoms with Gasteiger partial charge in [-0.1, -0.05) is 23.0 Å². The van der Waals surface area contributed by atoms with Crippen molar-refractivity contribution in [1.29, 1.82) is 0 Å². The zero-order chi connectivity index (χ0) is 25.8. The third-order valence-electron chi connectivity index (χ3n) is 5.07. The molecule has 1 saturated heterocycles. The number of aliphatic carboxylic acids is 1. The molecule has 0 radical (unpaired) electrons. The Morgan fingerprint density at radius 3 is 2.86 bits per heavy atom. The van der Waals surface area contributed by atoms with E-state index in [1.165, 1.54) is 58.0 Å². The van der Waals surface area contributed by atoms with Gasteiger partial charge in [0.15, 0.2) is 5.71 Å². The van der Waals surface area contributed by atoms with Crippen molar-refractivity contribution in [2.24, 2.45) is 10.9 Å². The predicted octanol–water partition coefficient (Wildman–Crippen LogP) is 0.979. The molecule has 2 aliphatic heterocycles. The number of nitrogens with one attached hydrogen (secondary N) is 1. The number of β-lactam (4-membered cyclic amide) rings is 1. The Morgan fingerprint density at radius 2 is 2.17 bits per heavy atom. The van der Waals surface area contributed by atoms with E-state index in [-0.39, 0.29) is 17.2 Å². The minimum atomic E-state index is -1.23. The number of hydrogen-bond acceptors (Lipinski definition) is 13. The molecular weight excluding hydrogens is 547 g/mol. The van der Waals surface area contributed by atoms with Gasteiger partial charge in [-0.05, 0) is 12.1 Å². The van der Waals surface area contributed by atoms with Gasteiger partial charge in [-0.2, -0.15) is 11.8 Å². The highest BCUT2D eigenvalue weighted by molar-refractivity contribution is 8.07. The molecule has 2 aliphatic rings. The van der Waals surface area contributed by atoms with Crippen molar-refractivity contribution in [3.8, 4) is 0 Å². The molecule has 12 nitrogen and oxygen atoms in total. The van der Waals surface area contributed by atoms with E-state index in [4.69, 9.17) is 11.5 Å². The molecule has 7 N–H and O–H groups in total. The summed E-state index contributed by atoms with van der Waals surface area (Å²) >= 11 is 5.68. The van der Waals surface area contributed by atoms with E-state index in [1.54, 1.807) is 17.3 Å². The second-order valence-corrected chi connectivity index (χ2v) is 11.8. The van der Waals surface area contributed by atoms with Crippen molar-refractivity contribution in [1.82, 2.24) is 20.2 Å². The minimum Gasteiger partial charge on any atom is -0.477 e. The first kappa shape index (κ1) is 26.3. The molecule has 4 rings (SSSR count). The van der Waals surface area contributed by atoms with Gasteiger partial charge in [-0.15, -0.1) is 23.1 Å². The number of aromatic nitrogens is 2. The molecule has 2 atom stereocenters. The van der Waals surface area contributed by atoms with Crippen molar-refractivity contribution in [2.75, 3.05) is 23.8 Å². The van der Waals surface area contributed by atoms with E-state index in [9.17, 15) is 24.7 Å². The molecule has 0 bridgehead atoms. The molecule has 0 aliphatic carbocycles. The summed E-state index contributed by atoms with van der Waals surface area (Å²) < 4.78 is 0.864. The standard InChI is InChI=1S/C20H21N7O5S4/c21-4-5-33-6-10-20(35-8-23-10)36-11-7-34-18-14(17(29)27(18)15(11)19(30)31)25-16(28)13(26-32)9-2-1-3-12(22)24-9/h1-3,8,14,18,32H,4-7,21H2,(H2,22,24)(H,25,28)(H,30,31)/b26-13-/t14-,18+/m1/s1. The number of hydrogen-bond donors (Lipinski definition) is 5. The van der Waals surface area contributed by atoms with Crippen molar-refractivity contribution >= 4 is 75.9 Å². The number of carbonyl (C=O) groups excluding carboxylic acids is 2. The van der Waals surface area contributed by atoms with Gasteiger partial charge in [0.2, 0.25) is 0 Å². The number of amides is 2. The van der Waals surface area contributed by atoms with Gasteiger partial charge < -0.3 is 27.1 Å². The number of pyridine rings is 1. The Bertz CT molecular complexity index is 1250. The Balaban J connectivity index is 1.50. The summed E-state index contributed by atoms with van der Waals surface area (Å²) in [5, 5.41) is 24.2. The average molecular weight is 568 g/mol. The molecule has 2 amide bonds. The van der Waals surface area contributed by atoms with Crippen LogP contribution in [0.25, 0.3) is 0 Å². The van der Waals surface area contributed by atoms with E-state index in [0.717, 1.165) is 15.7 Å². The summed E-state index contributed by atoms with van der Waals surface area (Å²) in [6.07, 6.45) is 0. The van der Waals surface area contributed by atoms with Crippen molar-refractivity contribution in [3.05, 3.63) is 45.7 Å². The van der Waals surface area contributed by atoms with Gasteiger partial charge in [0.25, 0.3) is 11.8 Å². The van der Waals surface area contributed by atoms with Crippen LogP contribution >= 0.6 is 46.6 Å². The van der Waals surface area contributed by atoms with Crippen LogP contribution in [0.4, 0.5) is 5.82 Å². The van der Waals surface area contributed by atoms with E-state index in [1.807, 2.05) is 0 Å². The fraction of sp³-hybridized carbons (Fsp3) is 0.300. The highest BCUT2D eigenvalue weighted by atomic mass is 32.2. The van der Waals surface area contributed by atoms with Crippen molar-refractivity contribution < 1.29 is 24.7 Å². The molecule has 2 aromatic rings. The summed E-state index contributed by atoms with van der Waals surface area (Å²) in [6, 6.07) is 3.49. The molecule has 0 unspecified atom stereocenters. The van der Waals surface area contributed by atoms with Crippen LogP contribution in [0.1, 0.15) is 11.4 Å². The topological polar surface area (TPSA) is 197 Å². The number of nitrogens with two attached hydrogens (primary N) is 2. The number of fused-ring (bicyclic) bond motifs is 1. The zero-order valence-electron chi connectivity index (χ0n) is 18.5. The molecule has 36 heavy (non-hydrogen) atoms. The smallest absolute Gasteiger partial charge is 0.353 e. The molecule has 0 aromatic carbocycles. The summed E-state index contributed by atoms with van der Waals surface area (Å²) in [7, 11) is 0. The van der Waals surface area contributed by atoms with Crippen LogP contribution in [0.5, 0.6) is 0 Å². The Labute approximate surface area is 222 Å². The van der Waals surface area contributed by atoms with Crippen LogP contribution in [0, 0.1) is 0 Å². The summed E-state index contributed by atoms with van der Waals surface area (Å²) in [4.78, 5) is 47.9. The highest BCUT2D eigenvalue weighted by Crippen LogP contribution is 2.46. The highest BCUT2D eigenvalue weighted by Gasteiger charge is 2.54. The Hall–Kier alpha value is -2.79. The van der Waals surface area contributed by atoms with Crippen molar-refractivity contribution in [3.63, 3.8) is 0 Å². The van der Waals surface area contributed by atoms with Gasteiger partial charge in [-0.25, -0.2) is 14.8 Å². The summed E-state index contributed by atoms with van der Waals surface area (Å²) in [5.74, 6) is -0.741. The number of nitrogen functional groups attached to an aromatic ring is 1. The van der Waals surface area contributed by atoms with Crippen LogP contribution in [-0.2, 0) is 20.1 Å². The van der Waals surface area contributed by atoms with E-state index in [2.05, 4.69) is 20.4 Å². The maximum absolute atomic E-state index is 13.0. The van der Waals surface area contributed by atoms with Crippen LogP contribution in [-0.4, -0.2) is 78.1 Å². The fourth-order valence-corrected chi connectivity index (χ4v) is 7.93. The zero-order valence-corrected chi connectivity index (χ0v) is 21.8. The van der Waals surface area contributed by atoms with Gasteiger partial charge >= 0.3 is 5.97 Å². The van der Waals surface area contributed by atoms with Crippen LogP contribution in [0.15, 0.2) is 43.7 Å². The second kappa shape index (κ2) is 11.5. The summed E-state index contributed by atoms with van der Waals surface area (Å²) in [6.45, 7) is 0.556. The SMILES string of the molecule is NCCSCc1ncsc1SC1=C(C(=O)O)N2C(=O)[C@@H](NC(=O)/C(=N\O)c3cccc(N)n3)[C@@H]2SC1. The number of nitrogens with zero attached hydrogens (tertiary/aromatic N) is 4. The summed E-state index contributed by atoms with van der Waals surface area (Å²) in [5.41, 5.74) is 13.2. The normalized spacial score (nSPS) is 19.6. The lowest BCUT2D eigenvalue weighted by atomic mass is 10.0. The Kier molecular flexibility index (Phi) is 8.40. The first-order valence-corrected chi connectivity index (χ1v) is 14.3. The number of thioether (sulfide) groups is 3. The lowest BCUT2D eigenvalue weighted by Gasteiger charge is -2.49. The molecule has 16 heteroatoms. The van der Waals surface area contributed by atoms with E-state index in [0.29, 0.717) is 23.0 Å². The lowest BCUT2D eigenvalue weighted by molar-refractivity contribution is -0.150. The maximum Gasteiger partial charge on any atom is 0.353 e. The van der Waals surface area contributed by atoms with Gasteiger partial charge in [0.05, 0.1) is 15.4 Å². The number of rotatable bonds is 10. The van der Waals surface area contributed by atoms with Crippen LogP contribution < -0.4 is 16.8 Å². The molecule has 1 fully saturated rings. The number of carboxylic acids is 1. The number of carbonyl (C=O) groups is 3. The maximum atomic E-state index is 13.0. The average Bonchev–Trinajstić information content (AvgIpc) is 3.29. The molecule has 190 valence electrons. The number of thiazole rings is 1.